The number of imidazole rings is 1. The first-order chi connectivity index (χ1) is 14.3. The van der Waals surface area contributed by atoms with Gasteiger partial charge in [-0.3, -0.25) is 0 Å². The van der Waals surface area contributed by atoms with Crippen molar-refractivity contribution < 1.29 is 13.9 Å². The van der Waals surface area contributed by atoms with Crippen molar-refractivity contribution in [3.8, 4) is 22.9 Å². The molecule has 4 nitrogen and oxygen atoms in total. The molecular formula is C24H23FN2O2. The number of methoxy groups -OCH3 is 1. The summed E-state index contributed by atoms with van der Waals surface area (Å²) >= 11 is 0. The van der Waals surface area contributed by atoms with Crippen molar-refractivity contribution in [1.82, 2.24) is 9.55 Å². The van der Waals surface area contributed by atoms with Crippen molar-refractivity contribution in [2.24, 2.45) is 0 Å². The number of aryl methyl sites for hydroxylation is 1. The Hall–Kier alpha value is -3.34. The number of benzene rings is 3. The number of rotatable bonds is 8. The molecule has 0 aliphatic heterocycles. The van der Waals surface area contributed by atoms with E-state index < -0.39 is 0 Å². The van der Waals surface area contributed by atoms with Gasteiger partial charge in [-0.25, -0.2) is 9.37 Å². The van der Waals surface area contributed by atoms with Gasteiger partial charge in [0.15, 0.2) is 11.5 Å². The maximum Gasteiger partial charge on any atom is 0.161 e. The Morgan fingerprint density at radius 2 is 1.59 bits per heavy atom. The Morgan fingerprint density at radius 3 is 2.41 bits per heavy atom. The number of fused-ring (bicyclic) bond motifs is 1. The van der Waals surface area contributed by atoms with Gasteiger partial charge in [0.25, 0.3) is 0 Å². The van der Waals surface area contributed by atoms with E-state index in [1.165, 1.54) is 6.07 Å². The van der Waals surface area contributed by atoms with Crippen LogP contribution in [-0.2, 0) is 6.54 Å². The van der Waals surface area contributed by atoms with Crippen LogP contribution in [0.2, 0.25) is 0 Å². The van der Waals surface area contributed by atoms with Gasteiger partial charge in [0.05, 0.1) is 30.3 Å². The molecule has 0 radical (unpaired) electrons. The highest BCUT2D eigenvalue weighted by Crippen LogP contribution is 2.28. The molecule has 0 saturated heterocycles. The summed E-state index contributed by atoms with van der Waals surface area (Å²) < 4.78 is 27.7. The van der Waals surface area contributed by atoms with Crippen LogP contribution in [0, 0.1) is 5.82 Å². The minimum Gasteiger partial charge on any atom is -0.493 e. The van der Waals surface area contributed by atoms with E-state index in [0.29, 0.717) is 18.0 Å². The Morgan fingerprint density at radius 1 is 0.862 bits per heavy atom. The first-order valence-electron chi connectivity index (χ1n) is 9.74. The van der Waals surface area contributed by atoms with Crippen LogP contribution in [0.15, 0.2) is 72.8 Å². The first kappa shape index (κ1) is 19.0. The van der Waals surface area contributed by atoms with Crippen LogP contribution in [0.4, 0.5) is 4.39 Å². The van der Waals surface area contributed by atoms with Gasteiger partial charge in [-0.05, 0) is 49.2 Å². The third-order valence-corrected chi connectivity index (χ3v) is 4.87. The summed E-state index contributed by atoms with van der Waals surface area (Å²) in [7, 11) is 1.64. The second-order valence-electron chi connectivity index (χ2n) is 6.76. The van der Waals surface area contributed by atoms with Gasteiger partial charge >= 0.3 is 0 Å². The molecular weight excluding hydrogens is 367 g/mol. The Kier molecular flexibility index (Phi) is 5.75. The predicted molar refractivity (Wildman–Crippen MR) is 113 cm³/mol. The average molecular weight is 390 g/mol. The van der Waals surface area contributed by atoms with E-state index in [2.05, 4.69) is 9.55 Å². The minimum atomic E-state index is -0.261. The molecule has 5 heteroatoms. The molecule has 0 saturated carbocycles. The Labute approximate surface area is 169 Å². The molecule has 1 heterocycles. The normalized spacial score (nSPS) is 11.0. The lowest BCUT2D eigenvalue weighted by Gasteiger charge is -2.12. The molecule has 0 unspecified atom stereocenters. The molecule has 0 atom stereocenters. The van der Waals surface area contributed by atoms with Crippen molar-refractivity contribution in [2.75, 3.05) is 13.7 Å². The zero-order valence-corrected chi connectivity index (χ0v) is 16.3. The zero-order valence-electron chi connectivity index (χ0n) is 16.3. The molecule has 0 aliphatic rings. The topological polar surface area (TPSA) is 36.3 Å². The van der Waals surface area contributed by atoms with Crippen LogP contribution in [0.3, 0.4) is 0 Å². The van der Waals surface area contributed by atoms with Gasteiger partial charge in [-0.15, -0.1) is 0 Å². The fourth-order valence-corrected chi connectivity index (χ4v) is 3.44. The average Bonchev–Trinajstić information content (AvgIpc) is 3.12. The van der Waals surface area contributed by atoms with Crippen LogP contribution in [0.25, 0.3) is 22.4 Å². The summed E-state index contributed by atoms with van der Waals surface area (Å²) in [6, 6.07) is 22.3. The largest absolute Gasteiger partial charge is 0.493 e. The lowest BCUT2D eigenvalue weighted by molar-refractivity contribution is 0.284. The summed E-state index contributed by atoms with van der Waals surface area (Å²) in [5, 5.41) is 0. The van der Waals surface area contributed by atoms with E-state index in [-0.39, 0.29) is 5.82 Å². The second-order valence-corrected chi connectivity index (χ2v) is 6.76. The van der Waals surface area contributed by atoms with E-state index >= 15 is 0 Å². The summed E-state index contributed by atoms with van der Waals surface area (Å²) in [5.74, 6) is 1.88. The number of nitrogens with zero attached hydrogens (tertiary/aromatic N) is 2. The van der Waals surface area contributed by atoms with Crippen molar-refractivity contribution in [3.05, 3.63) is 78.6 Å². The highest BCUT2D eigenvalue weighted by Gasteiger charge is 2.15. The van der Waals surface area contributed by atoms with E-state index in [1.54, 1.807) is 19.2 Å². The number of halogens is 1. The second kappa shape index (κ2) is 8.78. The van der Waals surface area contributed by atoms with Crippen molar-refractivity contribution in [1.29, 1.82) is 0 Å². The number of aromatic nitrogens is 2. The predicted octanol–water partition coefficient (Wildman–Crippen LogP) is 5.71. The SMILES string of the molecule is COc1ccccc1OCCCCn1c(-c2ccccc2F)nc2ccccc21. The molecule has 0 fully saturated rings. The molecule has 4 aromatic rings. The van der Waals surface area contributed by atoms with Gasteiger partial charge in [0.1, 0.15) is 11.6 Å². The Bertz CT molecular complexity index is 1110. The molecule has 0 bridgehead atoms. The summed E-state index contributed by atoms with van der Waals surface area (Å²) in [6.07, 6.45) is 1.75. The number of hydrogen-bond acceptors (Lipinski definition) is 3. The van der Waals surface area contributed by atoms with Gasteiger partial charge in [0, 0.05) is 6.54 Å². The maximum atomic E-state index is 14.4. The van der Waals surface area contributed by atoms with Gasteiger partial charge < -0.3 is 14.0 Å². The molecule has 3 aromatic carbocycles. The van der Waals surface area contributed by atoms with Crippen LogP contribution >= 0.6 is 0 Å². The molecule has 0 N–H and O–H groups in total. The zero-order chi connectivity index (χ0) is 20.1. The Balaban J connectivity index is 1.48. The third kappa shape index (κ3) is 4.09. The molecule has 0 aliphatic carbocycles. The maximum absolute atomic E-state index is 14.4. The standard InChI is InChI=1S/C24H23FN2O2/c1-28-22-14-6-7-15-23(22)29-17-9-8-16-27-21-13-5-4-12-20(21)26-24(27)18-10-2-3-11-19(18)25/h2-7,10-15H,8-9,16-17H2,1H3. The van der Waals surface area contributed by atoms with E-state index in [9.17, 15) is 4.39 Å². The van der Waals surface area contributed by atoms with Gasteiger partial charge in [-0.2, -0.15) is 0 Å². The summed E-state index contributed by atoms with van der Waals surface area (Å²) in [5.41, 5.74) is 2.40. The molecule has 1 aromatic heterocycles. The van der Waals surface area contributed by atoms with Crippen LogP contribution in [0.1, 0.15) is 12.8 Å². The molecule has 0 spiro atoms. The van der Waals surface area contributed by atoms with Crippen molar-refractivity contribution in [2.45, 2.75) is 19.4 Å². The number of hydrogen-bond donors (Lipinski definition) is 0. The number of ether oxygens (including phenoxy) is 2. The van der Waals surface area contributed by atoms with Crippen LogP contribution in [0.5, 0.6) is 11.5 Å². The lowest BCUT2D eigenvalue weighted by Crippen LogP contribution is -2.05. The van der Waals surface area contributed by atoms with Crippen molar-refractivity contribution in [3.63, 3.8) is 0 Å². The summed E-state index contributed by atoms with van der Waals surface area (Å²) in [4.78, 5) is 4.69. The third-order valence-electron chi connectivity index (χ3n) is 4.87. The fourth-order valence-electron chi connectivity index (χ4n) is 3.44. The molecule has 148 valence electrons. The first-order valence-corrected chi connectivity index (χ1v) is 9.74. The monoisotopic (exact) mass is 390 g/mol. The van der Waals surface area contributed by atoms with Crippen LogP contribution in [-0.4, -0.2) is 23.3 Å². The molecule has 4 rings (SSSR count). The highest BCUT2D eigenvalue weighted by atomic mass is 19.1. The van der Waals surface area contributed by atoms with Gasteiger partial charge in [0.2, 0.25) is 0 Å². The quantitative estimate of drug-likeness (QED) is 0.362. The van der Waals surface area contributed by atoms with E-state index in [1.807, 2.05) is 54.6 Å². The smallest absolute Gasteiger partial charge is 0.161 e. The fraction of sp³-hybridized carbons (Fsp3) is 0.208. The minimum absolute atomic E-state index is 0.261. The van der Waals surface area contributed by atoms with E-state index in [4.69, 9.17) is 9.47 Å². The number of unbranched alkanes of at least 4 members (excludes halogenated alkanes) is 1. The highest BCUT2D eigenvalue weighted by molar-refractivity contribution is 5.80. The number of para-hydroxylation sites is 4. The van der Waals surface area contributed by atoms with Gasteiger partial charge in [-0.1, -0.05) is 36.4 Å². The van der Waals surface area contributed by atoms with Crippen LogP contribution < -0.4 is 9.47 Å². The lowest BCUT2D eigenvalue weighted by atomic mass is 10.2. The summed E-state index contributed by atoms with van der Waals surface area (Å²) in [6.45, 7) is 1.32. The van der Waals surface area contributed by atoms with Crippen molar-refractivity contribution >= 4 is 11.0 Å². The molecule has 0 amide bonds. The van der Waals surface area contributed by atoms with E-state index in [0.717, 1.165) is 41.9 Å². The molecule has 29 heavy (non-hydrogen) atoms.